The van der Waals surface area contributed by atoms with E-state index >= 15 is 0 Å². The summed E-state index contributed by atoms with van der Waals surface area (Å²) in [6.45, 7) is 2.05. The summed E-state index contributed by atoms with van der Waals surface area (Å²) in [6, 6.07) is 13.9. The number of hydrogen-bond acceptors (Lipinski definition) is 6. The molecule has 160 valence electrons. The number of anilines is 1. The molecule has 2 heterocycles. The molecular weight excluding hydrogens is 418 g/mol. The summed E-state index contributed by atoms with van der Waals surface area (Å²) >= 11 is 6.02. The van der Waals surface area contributed by atoms with Gasteiger partial charge < -0.3 is 15.6 Å². The Kier molecular flexibility index (Phi) is 6.29. The highest BCUT2D eigenvalue weighted by molar-refractivity contribution is 6.30. The Bertz CT molecular complexity index is 1070. The Balaban J connectivity index is 1.28. The first kappa shape index (κ1) is 21.0. The zero-order valence-corrected chi connectivity index (χ0v) is 17.5. The van der Waals surface area contributed by atoms with E-state index in [0.717, 1.165) is 31.5 Å². The average molecular weight is 440 g/mol. The third-order valence-corrected chi connectivity index (χ3v) is 5.54. The van der Waals surface area contributed by atoms with E-state index in [-0.39, 0.29) is 11.8 Å². The summed E-state index contributed by atoms with van der Waals surface area (Å²) < 4.78 is 5.38. The topological polar surface area (TPSA) is 114 Å². The van der Waals surface area contributed by atoms with Crippen LogP contribution in [0.15, 0.2) is 53.1 Å². The van der Waals surface area contributed by atoms with Crippen LogP contribution < -0.4 is 11.1 Å². The smallest absolute Gasteiger partial charge is 0.248 e. The van der Waals surface area contributed by atoms with Crippen molar-refractivity contribution < 1.29 is 14.1 Å². The highest BCUT2D eigenvalue weighted by Gasteiger charge is 2.26. The van der Waals surface area contributed by atoms with Crippen LogP contribution in [0.4, 0.5) is 5.69 Å². The van der Waals surface area contributed by atoms with Crippen molar-refractivity contribution in [2.45, 2.75) is 19.4 Å². The second-order valence-corrected chi connectivity index (χ2v) is 7.94. The van der Waals surface area contributed by atoms with E-state index in [0.29, 0.717) is 34.5 Å². The zero-order chi connectivity index (χ0) is 21.8. The molecule has 8 nitrogen and oxygen atoms in total. The van der Waals surface area contributed by atoms with Crippen LogP contribution in [-0.4, -0.2) is 39.9 Å². The van der Waals surface area contributed by atoms with E-state index in [1.165, 1.54) is 0 Å². The number of aromatic nitrogens is 2. The van der Waals surface area contributed by atoms with Crippen LogP contribution in [0.1, 0.15) is 29.1 Å². The van der Waals surface area contributed by atoms with Gasteiger partial charge in [0.05, 0.1) is 6.54 Å². The number of halogens is 1. The monoisotopic (exact) mass is 439 g/mol. The molecule has 1 aliphatic heterocycles. The molecule has 1 aromatic heterocycles. The highest BCUT2D eigenvalue weighted by Crippen LogP contribution is 2.23. The minimum absolute atomic E-state index is 0.0208. The Labute approximate surface area is 184 Å². The minimum atomic E-state index is -0.494. The van der Waals surface area contributed by atoms with Gasteiger partial charge in [-0.3, -0.25) is 14.5 Å². The van der Waals surface area contributed by atoms with Crippen LogP contribution in [0.3, 0.4) is 0 Å². The highest BCUT2D eigenvalue weighted by atomic mass is 35.5. The van der Waals surface area contributed by atoms with Gasteiger partial charge in [-0.15, -0.1) is 0 Å². The van der Waals surface area contributed by atoms with Crippen LogP contribution in [0.5, 0.6) is 0 Å². The van der Waals surface area contributed by atoms with Gasteiger partial charge in [-0.05, 0) is 62.3 Å². The van der Waals surface area contributed by atoms with Gasteiger partial charge in [0.1, 0.15) is 0 Å². The molecule has 1 aliphatic rings. The molecule has 0 aliphatic carbocycles. The standard InChI is InChI=1S/C22H22ClN5O3/c23-17-3-1-2-16(12-17)21-26-19(31-27-21)13-28-10-8-15(9-11-28)22(30)25-18-6-4-14(5-7-18)20(24)29/h1-7,12,15H,8-11,13H2,(H2,24,29)(H,25,30). The lowest BCUT2D eigenvalue weighted by atomic mass is 9.96. The van der Waals surface area contributed by atoms with Crippen molar-refractivity contribution in [1.29, 1.82) is 0 Å². The second-order valence-electron chi connectivity index (χ2n) is 7.50. The molecule has 9 heteroatoms. The number of benzene rings is 2. The number of piperidine rings is 1. The fraction of sp³-hybridized carbons (Fsp3) is 0.273. The number of nitrogens with zero attached hydrogens (tertiary/aromatic N) is 3. The zero-order valence-electron chi connectivity index (χ0n) is 16.8. The lowest BCUT2D eigenvalue weighted by Crippen LogP contribution is -2.37. The molecule has 1 fully saturated rings. The molecule has 3 aromatic rings. The largest absolute Gasteiger partial charge is 0.366 e. The first-order valence-corrected chi connectivity index (χ1v) is 10.4. The normalized spacial score (nSPS) is 15.0. The maximum absolute atomic E-state index is 12.6. The van der Waals surface area contributed by atoms with E-state index in [1.807, 2.05) is 12.1 Å². The van der Waals surface area contributed by atoms with Gasteiger partial charge in [-0.1, -0.05) is 28.9 Å². The number of likely N-dealkylation sites (tertiary alicyclic amines) is 1. The predicted molar refractivity (Wildman–Crippen MR) is 116 cm³/mol. The molecule has 3 N–H and O–H groups in total. The van der Waals surface area contributed by atoms with Crippen molar-refractivity contribution in [1.82, 2.24) is 15.0 Å². The first-order chi connectivity index (χ1) is 15.0. The molecule has 0 spiro atoms. The summed E-state index contributed by atoms with van der Waals surface area (Å²) in [6.07, 6.45) is 1.47. The van der Waals surface area contributed by atoms with Gasteiger partial charge in [-0.25, -0.2) is 0 Å². The van der Waals surface area contributed by atoms with Gasteiger partial charge in [-0.2, -0.15) is 4.98 Å². The van der Waals surface area contributed by atoms with Crippen molar-refractivity contribution in [3.63, 3.8) is 0 Å². The van der Waals surface area contributed by atoms with Crippen LogP contribution >= 0.6 is 11.6 Å². The van der Waals surface area contributed by atoms with Gasteiger partial charge >= 0.3 is 0 Å². The number of rotatable bonds is 6. The van der Waals surface area contributed by atoms with E-state index in [4.69, 9.17) is 21.9 Å². The van der Waals surface area contributed by atoms with Crippen LogP contribution in [-0.2, 0) is 11.3 Å². The Morgan fingerprint density at radius 1 is 1.16 bits per heavy atom. The third-order valence-electron chi connectivity index (χ3n) is 5.31. The summed E-state index contributed by atoms with van der Waals surface area (Å²) in [5.74, 6) is 0.456. The van der Waals surface area contributed by atoms with Crippen molar-refractivity contribution in [2.24, 2.45) is 11.7 Å². The maximum Gasteiger partial charge on any atom is 0.248 e. The van der Waals surface area contributed by atoms with Crippen molar-refractivity contribution in [2.75, 3.05) is 18.4 Å². The molecule has 2 amide bonds. The molecule has 0 atom stereocenters. The molecule has 4 rings (SSSR count). The summed E-state index contributed by atoms with van der Waals surface area (Å²) in [5, 5.41) is 7.56. The number of amides is 2. The molecule has 31 heavy (non-hydrogen) atoms. The molecular formula is C22H22ClN5O3. The fourth-order valence-corrected chi connectivity index (χ4v) is 3.76. The van der Waals surface area contributed by atoms with Gasteiger partial charge in [0.25, 0.3) is 0 Å². The minimum Gasteiger partial charge on any atom is -0.366 e. The Morgan fingerprint density at radius 2 is 1.90 bits per heavy atom. The molecule has 2 aromatic carbocycles. The van der Waals surface area contributed by atoms with E-state index in [9.17, 15) is 9.59 Å². The lowest BCUT2D eigenvalue weighted by molar-refractivity contribution is -0.121. The predicted octanol–water partition coefficient (Wildman–Crippen LogP) is 3.34. The molecule has 1 saturated heterocycles. The number of nitrogens with two attached hydrogens (primary N) is 1. The van der Waals surface area contributed by atoms with Crippen LogP contribution in [0.25, 0.3) is 11.4 Å². The van der Waals surface area contributed by atoms with E-state index < -0.39 is 5.91 Å². The van der Waals surface area contributed by atoms with E-state index in [1.54, 1.807) is 36.4 Å². The first-order valence-electron chi connectivity index (χ1n) is 9.99. The second kappa shape index (κ2) is 9.28. The Hall–Kier alpha value is -3.23. The number of nitrogens with one attached hydrogen (secondary N) is 1. The number of hydrogen-bond donors (Lipinski definition) is 2. The molecule has 0 radical (unpaired) electrons. The number of carbonyl (C=O) groups is 2. The van der Waals surface area contributed by atoms with Crippen LogP contribution in [0, 0.1) is 5.92 Å². The van der Waals surface area contributed by atoms with Crippen molar-refractivity contribution in [3.05, 3.63) is 65.0 Å². The number of carbonyl (C=O) groups excluding carboxylic acids is 2. The quantitative estimate of drug-likeness (QED) is 0.608. The number of primary amides is 1. The van der Waals surface area contributed by atoms with Gasteiger partial charge in [0.15, 0.2) is 0 Å². The SMILES string of the molecule is NC(=O)c1ccc(NC(=O)C2CCN(Cc3nc(-c4cccc(Cl)c4)no3)CC2)cc1. The Morgan fingerprint density at radius 3 is 2.58 bits per heavy atom. The summed E-state index contributed by atoms with van der Waals surface area (Å²) in [7, 11) is 0. The van der Waals surface area contributed by atoms with Gasteiger partial charge in [0.2, 0.25) is 23.5 Å². The molecule has 0 bridgehead atoms. The van der Waals surface area contributed by atoms with Crippen LogP contribution in [0.2, 0.25) is 5.02 Å². The molecule has 0 saturated carbocycles. The van der Waals surface area contributed by atoms with Crippen molar-refractivity contribution in [3.8, 4) is 11.4 Å². The van der Waals surface area contributed by atoms with E-state index in [2.05, 4.69) is 20.4 Å². The lowest BCUT2D eigenvalue weighted by Gasteiger charge is -2.30. The summed E-state index contributed by atoms with van der Waals surface area (Å²) in [4.78, 5) is 30.4. The van der Waals surface area contributed by atoms with Crippen molar-refractivity contribution >= 4 is 29.1 Å². The van der Waals surface area contributed by atoms with Gasteiger partial charge in [0, 0.05) is 27.8 Å². The fourth-order valence-electron chi connectivity index (χ4n) is 3.57. The third kappa shape index (κ3) is 5.28. The maximum atomic E-state index is 12.6. The summed E-state index contributed by atoms with van der Waals surface area (Å²) in [5.41, 5.74) is 7.10. The average Bonchev–Trinajstić information content (AvgIpc) is 3.23. The molecule has 0 unspecified atom stereocenters.